The Bertz CT molecular complexity index is 779. The van der Waals surface area contributed by atoms with Crippen LogP contribution in [0.3, 0.4) is 0 Å². The van der Waals surface area contributed by atoms with Crippen molar-refractivity contribution in [2.45, 2.75) is 19.3 Å². The third kappa shape index (κ3) is 2.65. The predicted molar refractivity (Wildman–Crippen MR) is 89.0 cm³/mol. The molecular formula is C18H18N2O3. The number of amides is 2. The maximum absolute atomic E-state index is 12.4. The summed E-state index contributed by atoms with van der Waals surface area (Å²) in [7, 11) is 1.59. The van der Waals surface area contributed by atoms with E-state index in [0.29, 0.717) is 11.3 Å². The van der Waals surface area contributed by atoms with Gasteiger partial charge in [-0.25, -0.2) is 0 Å². The number of anilines is 2. The normalized spacial score (nSPS) is 14.8. The van der Waals surface area contributed by atoms with Gasteiger partial charge in [-0.2, -0.15) is 0 Å². The first kappa shape index (κ1) is 15.1. The van der Waals surface area contributed by atoms with Crippen LogP contribution in [0.5, 0.6) is 5.75 Å². The Morgan fingerprint density at radius 3 is 2.48 bits per heavy atom. The van der Waals surface area contributed by atoms with Crippen LogP contribution in [0.1, 0.15) is 29.8 Å². The van der Waals surface area contributed by atoms with Crippen molar-refractivity contribution in [1.82, 2.24) is 0 Å². The zero-order valence-corrected chi connectivity index (χ0v) is 13.3. The molecule has 0 unspecified atom stereocenters. The molecule has 1 heterocycles. The van der Waals surface area contributed by atoms with Crippen LogP contribution < -0.4 is 15.4 Å². The highest BCUT2D eigenvalue weighted by Crippen LogP contribution is 2.37. The van der Waals surface area contributed by atoms with Gasteiger partial charge in [-0.1, -0.05) is 0 Å². The van der Waals surface area contributed by atoms with Crippen molar-refractivity contribution < 1.29 is 14.3 Å². The molecule has 3 rings (SSSR count). The van der Waals surface area contributed by atoms with Crippen molar-refractivity contribution in [2.24, 2.45) is 0 Å². The number of methoxy groups -OCH3 is 1. The summed E-state index contributed by atoms with van der Waals surface area (Å²) in [5.41, 5.74) is 2.17. The molecule has 2 amide bonds. The summed E-state index contributed by atoms with van der Waals surface area (Å²) in [6.45, 7) is 3.69. The lowest BCUT2D eigenvalue weighted by Gasteiger charge is -2.15. The summed E-state index contributed by atoms with van der Waals surface area (Å²) in [6, 6.07) is 12.4. The molecule has 0 saturated heterocycles. The second-order valence-electron chi connectivity index (χ2n) is 6.02. The number of hydrogen-bond acceptors (Lipinski definition) is 3. The average Bonchev–Trinajstić information content (AvgIpc) is 2.77. The van der Waals surface area contributed by atoms with Gasteiger partial charge in [-0.3, -0.25) is 9.59 Å². The van der Waals surface area contributed by atoms with E-state index in [1.54, 1.807) is 49.6 Å². The van der Waals surface area contributed by atoms with Gasteiger partial charge in [0.1, 0.15) is 5.75 Å². The second-order valence-corrected chi connectivity index (χ2v) is 6.02. The van der Waals surface area contributed by atoms with Gasteiger partial charge in [0.25, 0.3) is 5.91 Å². The van der Waals surface area contributed by atoms with Crippen LogP contribution in [0.15, 0.2) is 42.5 Å². The lowest BCUT2D eigenvalue weighted by Crippen LogP contribution is -2.27. The summed E-state index contributed by atoms with van der Waals surface area (Å²) in [5.74, 6) is 0.459. The zero-order valence-electron chi connectivity index (χ0n) is 13.3. The molecular weight excluding hydrogens is 292 g/mol. The number of carbonyl (C=O) groups is 2. The third-order valence-corrected chi connectivity index (χ3v) is 4.12. The van der Waals surface area contributed by atoms with Crippen LogP contribution in [-0.4, -0.2) is 18.9 Å². The summed E-state index contributed by atoms with van der Waals surface area (Å²) >= 11 is 0. The van der Waals surface area contributed by atoms with Crippen molar-refractivity contribution in [2.75, 3.05) is 17.7 Å². The average molecular weight is 310 g/mol. The number of nitrogens with one attached hydrogen (secondary N) is 2. The van der Waals surface area contributed by atoms with E-state index in [9.17, 15) is 9.59 Å². The molecule has 0 aromatic heterocycles. The number of hydrogen-bond donors (Lipinski definition) is 2. The maximum Gasteiger partial charge on any atom is 0.255 e. The summed E-state index contributed by atoms with van der Waals surface area (Å²) in [4.78, 5) is 24.4. The molecule has 23 heavy (non-hydrogen) atoms. The van der Waals surface area contributed by atoms with Crippen LogP contribution in [0.25, 0.3) is 0 Å². The topological polar surface area (TPSA) is 67.4 Å². The number of rotatable bonds is 3. The maximum atomic E-state index is 12.4. The lowest BCUT2D eigenvalue weighted by molar-refractivity contribution is -0.119. The highest BCUT2D eigenvalue weighted by Gasteiger charge is 2.38. The zero-order chi connectivity index (χ0) is 16.6. The van der Waals surface area contributed by atoms with E-state index in [1.807, 2.05) is 13.8 Å². The molecule has 2 aromatic rings. The molecule has 118 valence electrons. The Morgan fingerprint density at radius 1 is 1.13 bits per heavy atom. The standard InChI is InChI=1S/C18H18N2O3/c1-18(2)14-10-11(4-9-15(14)20-17(18)22)16(21)19-12-5-7-13(23-3)8-6-12/h4-10H,1-3H3,(H,19,21)(H,20,22). The molecule has 2 N–H and O–H groups in total. The van der Waals surface area contributed by atoms with E-state index >= 15 is 0 Å². The fourth-order valence-corrected chi connectivity index (χ4v) is 2.59. The minimum atomic E-state index is -0.633. The van der Waals surface area contributed by atoms with Crippen LogP contribution in [0, 0.1) is 0 Å². The van der Waals surface area contributed by atoms with E-state index in [4.69, 9.17) is 4.74 Å². The smallest absolute Gasteiger partial charge is 0.255 e. The van der Waals surface area contributed by atoms with Crippen molar-refractivity contribution in [3.63, 3.8) is 0 Å². The Kier molecular flexibility index (Phi) is 3.56. The molecule has 0 aliphatic carbocycles. The lowest BCUT2D eigenvalue weighted by atomic mass is 9.85. The summed E-state index contributed by atoms with van der Waals surface area (Å²) in [6.07, 6.45) is 0. The first-order chi connectivity index (χ1) is 10.9. The predicted octanol–water partition coefficient (Wildman–Crippen LogP) is 3.18. The van der Waals surface area contributed by atoms with Crippen molar-refractivity contribution in [3.8, 4) is 5.75 Å². The SMILES string of the molecule is COc1ccc(NC(=O)c2ccc3c(c2)C(C)(C)C(=O)N3)cc1. The molecule has 1 aliphatic rings. The molecule has 0 atom stereocenters. The molecule has 1 aliphatic heterocycles. The van der Waals surface area contributed by atoms with Crippen LogP contribution in [-0.2, 0) is 10.2 Å². The van der Waals surface area contributed by atoms with Crippen molar-refractivity contribution in [1.29, 1.82) is 0 Å². The molecule has 0 fully saturated rings. The minimum Gasteiger partial charge on any atom is -0.497 e. The van der Waals surface area contributed by atoms with Gasteiger partial charge in [-0.15, -0.1) is 0 Å². The van der Waals surface area contributed by atoms with Crippen LogP contribution >= 0.6 is 0 Å². The monoisotopic (exact) mass is 310 g/mol. The van der Waals surface area contributed by atoms with Gasteiger partial charge in [0, 0.05) is 16.9 Å². The molecule has 5 heteroatoms. The van der Waals surface area contributed by atoms with E-state index in [-0.39, 0.29) is 11.8 Å². The van der Waals surface area contributed by atoms with Crippen LogP contribution in [0.4, 0.5) is 11.4 Å². The van der Waals surface area contributed by atoms with E-state index < -0.39 is 5.41 Å². The summed E-state index contributed by atoms with van der Waals surface area (Å²) in [5, 5.41) is 5.67. The quantitative estimate of drug-likeness (QED) is 0.915. The molecule has 0 spiro atoms. The Morgan fingerprint density at radius 2 is 1.83 bits per heavy atom. The number of fused-ring (bicyclic) bond motifs is 1. The second kappa shape index (κ2) is 5.43. The van der Waals surface area contributed by atoms with E-state index in [2.05, 4.69) is 10.6 Å². The first-order valence-corrected chi connectivity index (χ1v) is 7.33. The van der Waals surface area contributed by atoms with Gasteiger partial charge in [0.05, 0.1) is 12.5 Å². The fourth-order valence-electron chi connectivity index (χ4n) is 2.59. The Labute approximate surface area is 134 Å². The molecule has 2 aromatic carbocycles. The largest absolute Gasteiger partial charge is 0.497 e. The molecule has 5 nitrogen and oxygen atoms in total. The number of ether oxygens (including phenoxy) is 1. The van der Waals surface area contributed by atoms with E-state index in [1.165, 1.54) is 0 Å². The highest BCUT2D eigenvalue weighted by molar-refractivity contribution is 6.09. The molecule has 0 radical (unpaired) electrons. The molecule has 0 saturated carbocycles. The van der Waals surface area contributed by atoms with Gasteiger partial charge in [0.15, 0.2) is 0 Å². The van der Waals surface area contributed by atoms with Gasteiger partial charge in [-0.05, 0) is 61.9 Å². The number of carbonyl (C=O) groups excluding carboxylic acids is 2. The van der Waals surface area contributed by atoms with Gasteiger partial charge in [0.2, 0.25) is 5.91 Å². The third-order valence-electron chi connectivity index (χ3n) is 4.12. The minimum absolute atomic E-state index is 0.0554. The van der Waals surface area contributed by atoms with Crippen LogP contribution in [0.2, 0.25) is 0 Å². The highest BCUT2D eigenvalue weighted by atomic mass is 16.5. The van der Waals surface area contributed by atoms with E-state index in [0.717, 1.165) is 17.0 Å². The first-order valence-electron chi connectivity index (χ1n) is 7.33. The Hall–Kier alpha value is -2.82. The fraction of sp³-hybridized carbons (Fsp3) is 0.222. The van der Waals surface area contributed by atoms with Crippen molar-refractivity contribution in [3.05, 3.63) is 53.6 Å². The summed E-state index contributed by atoms with van der Waals surface area (Å²) < 4.78 is 5.09. The van der Waals surface area contributed by atoms with Gasteiger partial charge < -0.3 is 15.4 Å². The van der Waals surface area contributed by atoms with Crippen molar-refractivity contribution >= 4 is 23.2 Å². The Balaban J connectivity index is 1.83. The molecule has 0 bridgehead atoms. The number of benzene rings is 2. The van der Waals surface area contributed by atoms with Gasteiger partial charge >= 0.3 is 0 Å².